The Hall–Kier alpha value is -0.340. The number of hydrogen-bond acceptors (Lipinski definition) is 2. The summed E-state index contributed by atoms with van der Waals surface area (Å²) in [6, 6.07) is 0. The van der Waals surface area contributed by atoms with E-state index in [-0.39, 0.29) is 0 Å². The van der Waals surface area contributed by atoms with Crippen molar-refractivity contribution in [2.75, 3.05) is 26.2 Å². The molecule has 0 spiro atoms. The summed E-state index contributed by atoms with van der Waals surface area (Å²) >= 11 is 0. The van der Waals surface area contributed by atoms with Gasteiger partial charge in [0.15, 0.2) is 0 Å². The standard InChI is InChI=1S/C15H30N2/c1-13(6-5-9-16)12-17-10-7-14(8-11-17)15(2,3)4/h7,13H,5-6,8-12,16H2,1-4H3. The van der Waals surface area contributed by atoms with Gasteiger partial charge in [-0.15, -0.1) is 0 Å². The zero-order valence-corrected chi connectivity index (χ0v) is 12.1. The Morgan fingerprint density at radius 3 is 2.59 bits per heavy atom. The Morgan fingerprint density at radius 1 is 1.41 bits per heavy atom. The number of hydrogen-bond donors (Lipinski definition) is 1. The maximum Gasteiger partial charge on any atom is 0.0166 e. The van der Waals surface area contributed by atoms with Crippen molar-refractivity contribution in [1.82, 2.24) is 4.90 Å². The van der Waals surface area contributed by atoms with Gasteiger partial charge in [0.05, 0.1) is 0 Å². The van der Waals surface area contributed by atoms with Gasteiger partial charge in [-0.25, -0.2) is 0 Å². The van der Waals surface area contributed by atoms with E-state index >= 15 is 0 Å². The molecule has 0 saturated heterocycles. The van der Waals surface area contributed by atoms with Gasteiger partial charge >= 0.3 is 0 Å². The predicted molar refractivity (Wildman–Crippen MR) is 76.0 cm³/mol. The van der Waals surface area contributed by atoms with Crippen LogP contribution in [0, 0.1) is 11.3 Å². The van der Waals surface area contributed by atoms with E-state index in [1.165, 1.54) is 25.9 Å². The molecule has 0 aromatic carbocycles. The van der Waals surface area contributed by atoms with Gasteiger partial charge in [0, 0.05) is 19.6 Å². The Labute approximate surface area is 107 Å². The average Bonchev–Trinajstić information content (AvgIpc) is 2.26. The van der Waals surface area contributed by atoms with Gasteiger partial charge < -0.3 is 5.73 Å². The zero-order valence-electron chi connectivity index (χ0n) is 12.1. The molecule has 1 aliphatic rings. The minimum absolute atomic E-state index is 0.358. The summed E-state index contributed by atoms with van der Waals surface area (Å²) in [4.78, 5) is 2.58. The summed E-state index contributed by atoms with van der Waals surface area (Å²) in [5, 5.41) is 0. The molecule has 1 unspecified atom stereocenters. The maximum atomic E-state index is 5.55. The Balaban J connectivity index is 2.34. The summed E-state index contributed by atoms with van der Waals surface area (Å²) in [6.07, 6.45) is 6.12. The fourth-order valence-electron chi connectivity index (χ4n) is 2.56. The van der Waals surface area contributed by atoms with Crippen LogP contribution in [0.1, 0.15) is 47.0 Å². The van der Waals surface area contributed by atoms with E-state index in [4.69, 9.17) is 5.73 Å². The molecule has 0 amide bonds. The van der Waals surface area contributed by atoms with Gasteiger partial charge in [0.2, 0.25) is 0 Å². The molecule has 17 heavy (non-hydrogen) atoms. The molecule has 1 atom stereocenters. The monoisotopic (exact) mass is 238 g/mol. The highest BCUT2D eigenvalue weighted by Crippen LogP contribution is 2.30. The van der Waals surface area contributed by atoms with Crippen LogP contribution in [0.4, 0.5) is 0 Å². The van der Waals surface area contributed by atoms with Crippen molar-refractivity contribution in [3.8, 4) is 0 Å². The first-order valence-electron chi connectivity index (χ1n) is 7.05. The van der Waals surface area contributed by atoms with Crippen LogP contribution in [0.3, 0.4) is 0 Å². The number of nitrogens with two attached hydrogens (primary N) is 1. The first-order chi connectivity index (χ1) is 7.93. The van der Waals surface area contributed by atoms with Crippen molar-refractivity contribution in [2.24, 2.45) is 17.1 Å². The molecule has 0 aromatic rings. The van der Waals surface area contributed by atoms with E-state index in [1.54, 1.807) is 5.57 Å². The van der Waals surface area contributed by atoms with Crippen LogP contribution in [-0.2, 0) is 0 Å². The summed E-state index contributed by atoms with van der Waals surface area (Å²) in [6.45, 7) is 13.7. The molecule has 0 radical (unpaired) electrons. The third-order valence-corrected chi connectivity index (χ3v) is 3.73. The van der Waals surface area contributed by atoms with Crippen molar-refractivity contribution >= 4 is 0 Å². The average molecular weight is 238 g/mol. The second kappa shape index (κ2) is 6.55. The molecule has 2 N–H and O–H groups in total. The van der Waals surface area contributed by atoms with Gasteiger partial charge in [-0.05, 0) is 37.1 Å². The topological polar surface area (TPSA) is 29.3 Å². The second-order valence-corrected chi connectivity index (χ2v) is 6.53. The van der Waals surface area contributed by atoms with Crippen molar-refractivity contribution in [1.29, 1.82) is 0 Å². The van der Waals surface area contributed by atoms with Crippen molar-refractivity contribution in [3.63, 3.8) is 0 Å². The molecule has 0 aromatic heterocycles. The summed E-state index contributed by atoms with van der Waals surface area (Å²) < 4.78 is 0. The lowest BCUT2D eigenvalue weighted by atomic mass is 9.83. The van der Waals surface area contributed by atoms with Crippen LogP contribution in [0.15, 0.2) is 11.6 Å². The van der Waals surface area contributed by atoms with Gasteiger partial charge in [0.25, 0.3) is 0 Å². The minimum atomic E-state index is 0.358. The highest BCUT2D eigenvalue weighted by atomic mass is 15.1. The normalized spacial score (nSPS) is 20.2. The summed E-state index contributed by atoms with van der Waals surface area (Å²) in [5.41, 5.74) is 7.54. The third-order valence-electron chi connectivity index (χ3n) is 3.73. The van der Waals surface area contributed by atoms with Gasteiger partial charge in [-0.2, -0.15) is 0 Å². The van der Waals surface area contributed by atoms with E-state index in [9.17, 15) is 0 Å². The fourth-order valence-corrected chi connectivity index (χ4v) is 2.56. The highest BCUT2D eigenvalue weighted by Gasteiger charge is 2.21. The van der Waals surface area contributed by atoms with E-state index in [0.717, 1.165) is 25.4 Å². The molecule has 0 saturated carbocycles. The lowest BCUT2D eigenvalue weighted by molar-refractivity contribution is 0.237. The minimum Gasteiger partial charge on any atom is -0.330 e. The van der Waals surface area contributed by atoms with E-state index < -0.39 is 0 Å². The van der Waals surface area contributed by atoms with Crippen molar-refractivity contribution in [3.05, 3.63) is 11.6 Å². The second-order valence-electron chi connectivity index (χ2n) is 6.53. The van der Waals surface area contributed by atoms with E-state index in [1.807, 2.05) is 0 Å². The van der Waals surface area contributed by atoms with E-state index in [0.29, 0.717) is 5.41 Å². The first kappa shape index (κ1) is 14.7. The first-order valence-corrected chi connectivity index (χ1v) is 7.05. The zero-order chi connectivity index (χ0) is 12.9. The fraction of sp³-hybridized carbons (Fsp3) is 0.867. The van der Waals surface area contributed by atoms with Gasteiger partial charge in [-0.3, -0.25) is 4.90 Å². The molecule has 0 fully saturated rings. The van der Waals surface area contributed by atoms with Crippen LogP contribution in [0.2, 0.25) is 0 Å². The van der Waals surface area contributed by atoms with Gasteiger partial charge in [-0.1, -0.05) is 39.3 Å². The van der Waals surface area contributed by atoms with Crippen LogP contribution in [-0.4, -0.2) is 31.1 Å². The predicted octanol–water partition coefficient (Wildman–Crippen LogP) is 3.04. The molecular weight excluding hydrogens is 208 g/mol. The SMILES string of the molecule is CC(CCCN)CN1CC=C(C(C)(C)C)CC1. The molecule has 0 aliphatic carbocycles. The van der Waals surface area contributed by atoms with Crippen LogP contribution >= 0.6 is 0 Å². The Morgan fingerprint density at radius 2 is 2.12 bits per heavy atom. The summed E-state index contributed by atoms with van der Waals surface area (Å²) in [5.74, 6) is 0.781. The molecule has 1 heterocycles. The lowest BCUT2D eigenvalue weighted by Crippen LogP contribution is -2.34. The van der Waals surface area contributed by atoms with Crippen LogP contribution in [0.25, 0.3) is 0 Å². The highest BCUT2D eigenvalue weighted by molar-refractivity contribution is 5.14. The largest absolute Gasteiger partial charge is 0.330 e. The molecule has 0 bridgehead atoms. The summed E-state index contributed by atoms with van der Waals surface area (Å²) in [7, 11) is 0. The molecule has 1 aliphatic heterocycles. The molecule has 2 nitrogen and oxygen atoms in total. The van der Waals surface area contributed by atoms with Crippen molar-refractivity contribution in [2.45, 2.75) is 47.0 Å². The molecule has 100 valence electrons. The smallest absolute Gasteiger partial charge is 0.0166 e. The molecule has 2 heteroatoms. The molecule has 1 rings (SSSR count). The number of rotatable bonds is 5. The van der Waals surface area contributed by atoms with Crippen molar-refractivity contribution < 1.29 is 0 Å². The van der Waals surface area contributed by atoms with Crippen LogP contribution in [0.5, 0.6) is 0 Å². The maximum absolute atomic E-state index is 5.55. The molecular formula is C15H30N2. The third kappa shape index (κ3) is 5.22. The Kier molecular flexibility index (Phi) is 5.68. The van der Waals surface area contributed by atoms with Gasteiger partial charge in [0.1, 0.15) is 0 Å². The number of nitrogens with zero attached hydrogens (tertiary/aromatic N) is 1. The quantitative estimate of drug-likeness (QED) is 0.746. The van der Waals surface area contributed by atoms with E-state index in [2.05, 4.69) is 38.7 Å². The lowest BCUT2D eigenvalue weighted by Gasteiger charge is -2.33. The Bertz CT molecular complexity index is 250. The van der Waals surface area contributed by atoms with Crippen LogP contribution < -0.4 is 5.73 Å².